The van der Waals surface area contributed by atoms with Gasteiger partial charge in [-0.15, -0.1) is 0 Å². The van der Waals surface area contributed by atoms with Gasteiger partial charge >= 0.3 is 30.0 Å². The summed E-state index contributed by atoms with van der Waals surface area (Å²) in [6.45, 7) is 6.46. The van der Waals surface area contributed by atoms with Crippen LogP contribution in [0.25, 0.3) is 0 Å². The van der Waals surface area contributed by atoms with Crippen molar-refractivity contribution in [1.29, 1.82) is 0 Å². The predicted octanol–water partition coefficient (Wildman–Crippen LogP) is 0.612. The molecule has 1 atom stereocenters. The summed E-state index contributed by atoms with van der Waals surface area (Å²) >= 11 is -5.86. The Balaban J connectivity index is 0.000000494. The first kappa shape index (κ1) is 17.3. The summed E-state index contributed by atoms with van der Waals surface area (Å²) < 4.78 is 33.3. The van der Waals surface area contributed by atoms with E-state index in [1.54, 1.807) is 0 Å². The number of nitrogens with two attached hydrogens (primary N) is 1. The molecule has 0 bridgehead atoms. The van der Waals surface area contributed by atoms with Crippen LogP contribution in [0.3, 0.4) is 0 Å². The van der Waals surface area contributed by atoms with Crippen molar-refractivity contribution in [1.82, 2.24) is 9.80 Å². The van der Waals surface area contributed by atoms with Gasteiger partial charge in [0.15, 0.2) is 0 Å². The second-order valence-electron chi connectivity index (χ2n) is 3.99. The van der Waals surface area contributed by atoms with Gasteiger partial charge in [0.25, 0.3) is 0 Å². The fourth-order valence-corrected chi connectivity index (χ4v) is 1.44. The van der Waals surface area contributed by atoms with E-state index in [-0.39, 0.29) is 6.17 Å². The van der Waals surface area contributed by atoms with Crippen molar-refractivity contribution >= 4 is 0 Å². The molecule has 3 N–H and O–H groups in total. The van der Waals surface area contributed by atoms with Crippen molar-refractivity contribution in [3.63, 3.8) is 0 Å². The Morgan fingerprint density at radius 2 is 1.89 bits per heavy atom. The Labute approximate surface area is 111 Å². The van der Waals surface area contributed by atoms with Crippen molar-refractivity contribution in [3.8, 4) is 0 Å². The molecule has 1 unspecified atom stereocenters. The third-order valence-corrected chi connectivity index (χ3v) is 2.46. The van der Waals surface area contributed by atoms with Gasteiger partial charge in [0.1, 0.15) is 0 Å². The molecule has 0 aromatic rings. The molecular weight excluding hydrogens is 412 g/mol. The Morgan fingerprint density at radius 3 is 2.33 bits per heavy atom. The number of hydrogen-bond donors (Lipinski definition) is 2. The molecule has 18 heavy (non-hydrogen) atoms. The van der Waals surface area contributed by atoms with Gasteiger partial charge in [0.2, 0.25) is 0 Å². The standard InChI is InChI=1S/C10H21N3.H2O.3O.Re/c1-3-5-6-12-7-8-13(9-12)10(11)4-2;;;;;/h7-8,10H,3-6,9,11H2,1-2H3;1H2;;;;/q;;;;;+1/p-1. The maximum atomic E-state index is 8.75. The summed E-state index contributed by atoms with van der Waals surface area (Å²) in [5, 5.41) is 0. The fourth-order valence-electron chi connectivity index (χ4n) is 1.44. The molecule has 108 valence electrons. The van der Waals surface area contributed by atoms with Crippen LogP contribution < -0.4 is 5.73 Å². The molecule has 7 nitrogen and oxygen atoms in total. The van der Waals surface area contributed by atoms with E-state index in [9.17, 15) is 0 Å². The van der Waals surface area contributed by atoms with Crippen molar-refractivity contribution in [2.75, 3.05) is 13.2 Å². The van der Waals surface area contributed by atoms with Gasteiger partial charge < -0.3 is 15.5 Å². The van der Waals surface area contributed by atoms with Crippen LogP contribution in [0.15, 0.2) is 12.4 Å². The second-order valence-corrected chi connectivity index (χ2v) is 6.84. The monoisotopic (exact) mass is 435 g/mol. The van der Waals surface area contributed by atoms with Crippen LogP contribution in [0, 0.1) is 0 Å². The Bertz CT molecular complexity index is 388. The van der Waals surface area contributed by atoms with Gasteiger partial charge in [0, 0.05) is 18.9 Å². The van der Waals surface area contributed by atoms with E-state index in [2.05, 4.69) is 36.0 Å². The molecule has 0 saturated heterocycles. The van der Waals surface area contributed by atoms with Gasteiger partial charge in [-0.3, -0.25) is 0 Å². The van der Waals surface area contributed by atoms with E-state index in [4.69, 9.17) is 20.0 Å². The normalized spacial score (nSPS) is 16.4. The molecule has 0 aliphatic carbocycles. The van der Waals surface area contributed by atoms with Gasteiger partial charge in [-0.2, -0.15) is 0 Å². The summed E-state index contributed by atoms with van der Waals surface area (Å²) in [5.41, 5.74) is 5.92. The first-order valence-corrected chi connectivity index (χ1v) is 10.4. The molecule has 1 rings (SSSR count). The third kappa shape index (κ3) is 9.36. The summed E-state index contributed by atoms with van der Waals surface area (Å²) in [4.78, 5) is 4.51. The number of unbranched alkanes of at least 4 members (excludes halogenated alkanes) is 1. The predicted molar refractivity (Wildman–Crippen MR) is 60.0 cm³/mol. The van der Waals surface area contributed by atoms with Gasteiger partial charge in [0.05, 0.1) is 12.8 Å². The first-order chi connectivity index (χ1) is 8.27. The SMILES string of the molecule is CCCCN1C=CN(C(N)CC)C1.[O]=[Re](=[O])(=[O])[OH]. The maximum absolute atomic E-state index is 8.75. The van der Waals surface area contributed by atoms with Crippen LogP contribution in [0.4, 0.5) is 0 Å². The number of hydrogen-bond acceptors (Lipinski definition) is 6. The van der Waals surface area contributed by atoms with E-state index in [1.165, 1.54) is 12.8 Å². The molecule has 1 heterocycles. The van der Waals surface area contributed by atoms with E-state index < -0.39 is 15.8 Å². The minimum absolute atomic E-state index is 0.183. The Kier molecular flexibility index (Phi) is 8.11. The zero-order valence-electron chi connectivity index (χ0n) is 10.8. The van der Waals surface area contributed by atoms with Gasteiger partial charge in [-0.1, -0.05) is 20.3 Å². The van der Waals surface area contributed by atoms with Crippen LogP contribution >= 0.6 is 0 Å². The summed E-state index contributed by atoms with van der Waals surface area (Å²) in [7, 11) is 0. The average molecular weight is 435 g/mol. The molecule has 0 fully saturated rings. The molecule has 8 heteroatoms. The fraction of sp³-hybridized carbons (Fsp3) is 0.800. The summed E-state index contributed by atoms with van der Waals surface area (Å²) in [5.74, 6) is 0. The van der Waals surface area contributed by atoms with Crippen LogP contribution in [-0.4, -0.2) is 33.0 Å². The van der Waals surface area contributed by atoms with Gasteiger partial charge in [-0.05, 0) is 12.8 Å². The zero-order chi connectivity index (χ0) is 14.2. The Morgan fingerprint density at radius 1 is 1.33 bits per heavy atom. The third-order valence-electron chi connectivity index (χ3n) is 2.46. The molecule has 0 radical (unpaired) electrons. The van der Waals surface area contributed by atoms with E-state index in [1.807, 2.05) is 0 Å². The van der Waals surface area contributed by atoms with Crippen LogP contribution in [0.5, 0.6) is 0 Å². The van der Waals surface area contributed by atoms with Crippen molar-refractivity contribution in [2.24, 2.45) is 5.73 Å². The van der Waals surface area contributed by atoms with Gasteiger partial charge in [-0.25, -0.2) is 0 Å². The number of rotatable bonds is 5. The summed E-state index contributed by atoms with van der Waals surface area (Å²) in [6, 6.07) is 0. The van der Waals surface area contributed by atoms with Crippen LogP contribution in [0.1, 0.15) is 33.1 Å². The van der Waals surface area contributed by atoms with E-state index in [0.29, 0.717) is 0 Å². The zero-order valence-corrected chi connectivity index (χ0v) is 13.5. The molecule has 1 aliphatic heterocycles. The Hall–Kier alpha value is -0.678. The molecule has 0 amide bonds. The van der Waals surface area contributed by atoms with Crippen LogP contribution in [-0.2, 0) is 26.2 Å². The molecule has 0 spiro atoms. The molecule has 0 saturated carbocycles. The quantitative estimate of drug-likeness (QED) is 0.653. The molecular formula is C10H22N3O4Re. The van der Waals surface area contributed by atoms with Crippen molar-refractivity contribution in [2.45, 2.75) is 39.3 Å². The van der Waals surface area contributed by atoms with Crippen molar-refractivity contribution in [3.05, 3.63) is 12.4 Å². The molecule has 0 aromatic heterocycles. The van der Waals surface area contributed by atoms with E-state index >= 15 is 0 Å². The van der Waals surface area contributed by atoms with E-state index in [0.717, 1.165) is 19.6 Å². The first-order valence-electron chi connectivity index (χ1n) is 5.84. The molecule has 1 aliphatic rings. The molecule has 0 aromatic carbocycles. The number of nitrogens with zero attached hydrogens (tertiary/aromatic N) is 2. The average Bonchev–Trinajstić information content (AvgIpc) is 2.71. The van der Waals surface area contributed by atoms with Crippen molar-refractivity contribution < 1.29 is 30.0 Å². The topological polar surface area (TPSA) is 104 Å². The van der Waals surface area contributed by atoms with Crippen LogP contribution in [0.2, 0.25) is 0 Å². The summed E-state index contributed by atoms with van der Waals surface area (Å²) in [6.07, 6.45) is 7.95. The second kappa shape index (κ2) is 8.43. The minimum atomic E-state index is -5.86.